The lowest BCUT2D eigenvalue weighted by atomic mass is 10.1. The van der Waals surface area contributed by atoms with Crippen LogP contribution < -0.4 is 19.7 Å². The van der Waals surface area contributed by atoms with Gasteiger partial charge in [-0.05, 0) is 38.1 Å². The normalized spacial score (nSPS) is 19.1. The molecule has 1 aliphatic heterocycles. The van der Waals surface area contributed by atoms with Crippen molar-refractivity contribution in [2.45, 2.75) is 6.42 Å². The number of nitrogens with zero attached hydrogens (tertiary/aromatic N) is 1. The fourth-order valence-corrected chi connectivity index (χ4v) is 2.54. The first-order valence-corrected chi connectivity index (χ1v) is 6.40. The second-order valence-corrected chi connectivity index (χ2v) is 4.70. The third kappa shape index (κ3) is 2.70. The molecule has 100 valence electrons. The summed E-state index contributed by atoms with van der Waals surface area (Å²) in [5.74, 6) is 2.32. The minimum absolute atomic E-state index is 0.739. The Hall–Kier alpha value is -1.42. The van der Waals surface area contributed by atoms with E-state index in [1.165, 1.54) is 12.1 Å². The van der Waals surface area contributed by atoms with Crippen molar-refractivity contribution in [1.82, 2.24) is 5.32 Å². The number of hydrogen-bond donors (Lipinski definition) is 1. The van der Waals surface area contributed by atoms with Crippen molar-refractivity contribution >= 4 is 5.69 Å². The molecule has 0 radical (unpaired) electrons. The molecule has 1 aliphatic rings. The highest BCUT2D eigenvalue weighted by atomic mass is 16.5. The van der Waals surface area contributed by atoms with Gasteiger partial charge in [0.15, 0.2) is 11.5 Å². The topological polar surface area (TPSA) is 33.7 Å². The molecule has 1 atom stereocenters. The standard InChI is InChI=1S/C14H22N2O2/c1-15-9-11-6-7-16(10-11)12-4-5-13(17-2)14(8-12)18-3/h4-5,8,11,15H,6-7,9-10H2,1-3H3. The van der Waals surface area contributed by atoms with E-state index in [-0.39, 0.29) is 0 Å². The highest BCUT2D eigenvalue weighted by Crippen LogP contribution is 2.33. The van der Waals surface area contributed by atoms with E-state index >= 15 is 0 Å². The Morgan fingerprint density at radius 1 is 1.28 bits per heavy atom. The molecule has 1 N–H and O–H groups in total. The van der Waals surface area contributed by atoms with Crippen LogP contribution in [-0.4, -0.2) is 40.9 Å². The van der Waals surface area contributed by atoms with Gasteiger partial charge in [-0.25, -0.2) is 0 Å². The molecule has 1 aromatic rings. The van der Waals surface area contributed by atoms with Crippen molar-refractivity contribution in [3.8, 4) is 11.5 Å². The summed E-state index contributed by atoms with van der Waals surface area (Å²) in [5, 5.41) is 3.25. The first kappa shape index (κ1) is 13.0. The lowest BCUT2D eigenvalue weighted by Gasteiger charge is -2.20. The summed E-state index contributed by atoms with van der Waals surface area (Å²) >= 11 is 0. The molecule has 0 amide bonds. The van der Waals surface area contributed by atoms with Gasteiger partial charge in [0.05, 0.1) is 14.2 Å². The lowest BCUT2D eigenvalue weighted by molar-refractivity contribution is 0.355. The first-order valence-electron chi connectivity index (χ1n) is 6.40. The maximum Gasteiger partial charge on any atom is 0.162 e. The van der Waals surface area contributed by atoms with Gasteiger partial charge in [-0.3, -0.25) is 0 Å². The maximum absolute atomic E-state index is 5.35. The zero-order chi connectivity index (χ0) is 13.0. The van der Waals surface area contributed by atoms with Gasteiger partial charge < -0.3 is 19.7 Å². The predicted octanol–water partition coefficient (Wildman–Crippen LogP) is 1.75. The van der Waals surface area contributed by atoms with E-state index < -0.39 is 0 Å². The molecule has 1 aromatic carbocycles. The van der Waals surface area contributed by atoms with E-state index in [4.69, 9.17) is 9.47 Å². The smallest absolute Gasteiger partial charge is 0.162 e. The van der Waals surface area contributed by atoms with E-state index in [2.05, 4.69) is 22.3 Å². The number of hydrogen-bond acceptors (Lipinski definition) is 4. The second-order valence-electron chi connectivity index (χ2n) is 4.70. The third-order valence-corrected chi connectivity index (χ3v) is 3.51. The first-order chi connectivity index (χ1) is 8.78. The van der Waals surface area contributed by atoms with Gasteiger partial charge in [0.25, 0.3) is 0 Å². The highest BCUT2D eigenvalue weighted by molar-refractivity contribution is 5.56. The molecule has 1 heterocycles. The molecular weight excluding hydrogens is 228 g/mol. The van der Waals surface area contributed by atoms with Gasteiger partial charge in [0, 0.05) is 24.8 Å². The molecule has 1 saturated heterocycles. The lowest BCUT2D eigenvalue weighted by Crippen LogP contribution is -2.24. The summed E-state index contributed by atoms with van der Waals surface area (Å²) in [7, 11) is 5.35. The van der Waals surface area contributed by atoms with E-state index in [0.29, 0.717) is 0 Å². The zero-order valence-corrected chi connectivity index (χ0v) is 11.4. The number of anilines is 1. The van der Waals surface area contributed by atoms with Gasteiger partial charge in [0.1, 0.15) is 0 Å². The summed E-state index contributed by atoms with van der Waals surface area (Å²) in [6.45, 7) is 3.31. The van der Waals surface area contributed by atoms with Gasteiger partial charge in [-0.1, -0.05) is 0 Å². The van der Waals surface area contributed by atoms with Gasteiger partial charge >= 0.3 is 0 Å². The molecule has 4 heteroatoms. The number of benzene rings is 1. The summed E-state index contributed by atoms with van der Waals surface area (Å²) < 4.78 is 10.6. The van der Waals surface area contributed by atoms with E-state index in [0.717, 1.165) is 37.1 Å². The molecule has 2 rings (SSSR count). The Kier molecular flexibility index (Phi) is 4.31. The van der Waals surface area contributed by atoms with Crippen LogP contribution in [0.4, 0.5) is 5.69 Å². The fourth-order valence-electron chi connectivity index (χ4n) is 2.54. The third-order valence-electron chi connectivity index (χ3n) is 3.51. The zero-order valence-electron chi connectivity index (χ0n) is 11.4. The van der Waals surface area contributed by atoms with Crippen LogP contribution in [0.5, 0.6) is 11.5 Å². The Labute approximate surface area is 109 Å². The van der Waals surface area contributed by atoms with Gasteiger partial charge in [-0.2, -0.15) is 0 Å². The monoisotopic (exact) mass is 250 g/mol. The number of nitrogens with one attached hydrogen (secondary N) is 1. The summed E-state index contributed by atoms with van der Waals surface area (Å²) in [6.07, 6.45) is 1.25. The molecule has 4 nitrogen and oxygen atoms in total. The van der Waals surface area contributed by atoms with Crippen LogP contribution in [0.2, 0.25) is 0 Å². The SMILES string of the molecule is CNCC1CCN(c2ccc(OC)c(OC)c2)C1. The van der Waals surface area contributed by atoms with Crippen molar-refractivity contribution in [1.29, 1.82) is 0 Å². The Balaban J connectivity index is 2.10. The minimum Gasteiger partial charge on any atom is -0.493 e. The molecule has 1 unspecified atom stereocenters. The van der Waals surface area contributed by atoms with Crippen molar-refractivity contribution in [2.75, 3.05) is 45.8 Å². The summed E-state index contributed by atoms with van der Waals surface area (Å²) in [5.41, 5.74) is 1.21. The van der Waals surface area contributed by atoms with Crippen molar-refractivity contribution in [2.24, 2.45) is 5.92 Å². The Bertz CT molecular complexity index is 395. The summed E-state index contributed by atoms with van der Waals surface area (Å²) in [6, 6.07) is 6.13. The highest BCUT2D eigenvalue weighted by Gasteiger charge is 2.22. The van der Waals surface area contributed by atoms with Crippen molar-refractivity contribution in [3.05, 3.63) is 18.2 Å². The molecule has 0 spiro atoms. The average molecular weight is 250 g/mol. The van der Waals surface area contributed by atoms with Crippen molar-refractivity contribution in [3.63, 3.8) is 0 Å². The van der Waals surface area contributed by atoms with E-state index in [1.807, 2.05) is 13.1 Å². The van der Waals surface area contributed by atoms with Gasteiger partial charge in [0.2, 0.25) is 0 Å². The number of rotatable bonds is 5. The van der Waals surface area contributed by atoms with Crippen LogP contribution in [-0.2, 0) is 0 Å². The molecule has 18 heavy (non-hydrogen) atoms. The quantitative estimate of drug-likeness (QED) is 0.863. The van der Waals surface area contributed by atoms with E-state index in [9.17, 15) is 0 Å². The Morgan fingerprint density at radius 2 is 2.06 bits per heavy atom. The largest absolute Gasteiger partial charge is 0.493 e. The molecule has 0 aliphatic carbocycles. The maximum atomic E-state index is 5.35. The Morgan fingerprint density at radius 3 is 2.72 bits per heavy atom. The van der Waals surface area contributed by atoms with Gasteiger partial charge in [-0.15, -0.1) is 0 Å². The molecule has 0 aromatic heterocycles. The average Bonchev–Trinajstić information content (AvgIpc) is 2.87. The summed E-state index contributed by atoms with van der Waals surface area (Å²) in [4.78, 5) is 2.41. The van der Waals surface area contributed by atoms with Crippen LogP contribution in [0, 0.1) is 5.92 Å². The van der Waals surface area contributed by atoms with Crippen molar-refractivity contribution < 1.29 is 9.47 Å². The minimum atomic E-state index is 0.739. The van der Waals surface area contributed by atoms with Crippen LogP contribution >= 0.6 is 0 Å². The van der Waals surface area contributed by atoms with E-state index in [1.54, 1.807) is 14.2 Å². The fraction of sp³-hybridized carbons (Fsp3) is 0.571. The van der Waals surface area contributed by atoms with Crippen LogP contribution in [0.25, 0.3) is 0 Å². The van der Waals surface area contributed by atoms with Crippen LogP contribution in [0.3, 0.4) is 0 Å². The molecular formula is C14H22N2O2. The number of methoxy groups -OCH3 is 2. The molecule has 0 saturated carbocycles. The second kappa shape index (κ2) is 5.96. The predicted molar refractivity (Wildman–Crippen MR) is 73.8 cm³/mol. The van der Waals surface area contributed by atoms with Crippen LogP contribution in [0.1, 0.15) is 6.42 Å². The molecule has 1 fully saturated rings. The number of ether oxygens (including phenoxy) is 2. The van der Waals surface area contributed by atoms with Crippen LogP contribution in [0.15, 0.2) is 18.2 Å². The molecule has 0 bridgehead atoms.